The van der Waals surface area contributed by atoms with E-state index >= 15 is 0 Å². The number of likely N-dealkylation sites (N-methyl/N-ethyl adjacent to an activating group) is 1. The Morgan fingerprint density at radius 2 is 2.41 bits per heavy atom. The summed E-state index contributed by atoms with van der Waals surface area (Å²) in [7, 11) is 1.69. The molecule has 5 heteroatoms. The van der Waals surface area contributed by atoms with Gasteiger partial charge in [-0.05, 0) is 29.9 Å². The van der Waals surface area contributed by atoms with Gasteiger partial charge in [0, 0.05) is 13.2 Å². The second-order valence-corrected chi connectivity index (χ2v) is 4.68. The lowest BCUT2D eigenvalue weighted by atomic mass is 10.1. The largest absolute Gasteiger partial charge is 0.320 e. The van der Waals surface area contributed by atoms with E-state index in [0.717, 1.165) is 12.0 Å². The number of rotatable bonds is 0. The van der Waals surface area contributed by atoms with Gasteiger partial charge in [0.25, 0.3) is 0 Å². The molecule has 0 radical (unpaired) electrons. The first-order valence-corrected chi connectivity index (χ1v) is 5.56. The molecule has 1 aromatic rings. The van der Waals surface area contributed by atoms with Crippen LogP contribution < -0.4 is 10.6 Å². The molecule has 0 aromatic carbocycles. The van der Waals surface area contributed by atoms with Crippen molar-refractivity contribution in [1.29, 1.82) is 5.26 Å². The van der Waals surface area contributed by atoms with Gasteiger partial charge in [-0.1, -0.05) is 0 Å². The second kappa shape index (κ2) is 3.28. The van der Waals surface area contributed by atoms with E-state index in [-0.39, 0.29) is 17.7 Å². The fourth-order valence-corrected chi connectivity index (χ4v) is 2.57. The van der Waals surface area contributed by atoms with Gasteiger partial charge in [-0.25, -0.2) is 4.98 Å². The highest BCUT2D eigenvalue weighted by Crippen LogP contribution is 2.53. The number of hydrogen-bond acceptors (Lipinski definition) is 4. The molecule has 1 saturated carbocycles. The highest BCUT2D eigenvalue weighted by molar-refractivity contribution is 5.98. The highest BCUT2D eigenvalue weighted by atomic mass is 16.2. The maximum atomic E-state index is 12.0. The number of nitrogens with two attached hydrogens (primary N) is 1. The van der Waals surface area contributed by atoms with Crippen LogP contribution >= 0.6 is 0 Å². The number of amides is 1. The fraction of sp³-hybridized carbons (Fsp3) is 0.417. The predicted molar refractivity (Wildman–Crippen MR) is 61.2 cm³/mol. The Bertz CT molecular complexity index is 548. The van der Waals surface area contributed by atoms with Crippen LogP contribution in [-0.2, 0) is 4.79 Å². The highest BCUT2D eigenvalue weighted by Gasteiger charge is 2.50. The van der Waals surface area contributed by atoms with Gasteiger partial charge in [-0.3, -0.25) is 9.69 Å². The van der Waals surface area contributed by atoms with Gasteiger partial charge in [0.1, 0.15) is 11.9 Å². The third-order valence-electron chi connectivity index (χ3n) is 3.66. The van der Waals surface area contributed by atoms with Gasteiger partial charge in [-0.15, -0.1) is 0 Å². The first-order valence-electron chi connectivity index (χ1n) is 5.56. The number of anilines is 1. The van der Waals surface area contributed by atoms with E-state index in [0.29, 0.717) is 11.4 Å². The van der Waals surface area contributed by atoms with E-state index in [9.17, 15) is 4.79 Å². The molecule has 0 spiro atoms. The molecule has 0 saturated heterocycles. The fourth-order valence-electron chi connectivity index (χ4n) is 2.57. The van der Waals surface area contributed by atoms with Crippen molar-refractivity contribution in [3.8, 4) is 6.07 Å². The van der Waals surface area contributed by atoms with E-state index in [1.807, 2.05) is 6.07 Å². The SMILES string of the molecule is CN1C(=O)[C@@H](N)[C@H]2CC2c2cc(C#N)cnc21. The normalized spacial score (nSPS) is 30.1. The molecule has 1 amide bonds. The molecule has 1 aliphatic heterocycles. The van der Waals surface area contributed by atoms with Crippen LogP contribution in [0.5, 0.6) is 0 Å². The van der Waals surface area contributed by atoms with Crippen LogP contribution in [0.3, 0.4) is 0 Å². The lowest BCUT2D eigenvalue weighted by Crippen LogP contribution is -2.42. The van der Waals surface area contributed by atoms with Crippen LogP contribution in [0, 0.1) is 17.2 Å². The van der Waals surface area contributed by atoms with Gasteiger partial charge < -0.3 is 5.73 Å². The van der Waals surface area contributed by atoms with E-state index in [1.165, 1.54) is 11.1 Å². The Morgan fingerprint density at radius 3 is 3.12 bits per heavy atom. The van der Waals surface area contributed by atoms with Crippen molar-refractivity contribution >= 4 is 11.7 Å². The van der Waals surface area contributed by atoms with Gasteiger partial charge in [0.05, 0.1) is 11.6 Å². The van der Waals surface area contributed by atoms with Gasteiger partial charge in [0.15, 0.2) is 0 Å². The molecule has 5 nitrogen and oxygen atoms in total. The summed E-state index contributed by atoms with van der Waals surface area (Å²) in [6.45, 7) is 0. The molecule has 3 rings (SSSR count). The zero-order valence-electron chi connectivity index (χ0n) is 9.42. The van der Waals surface area contributed by atoms with E-state index in [1.54, 1.807) is 7.05 Å². The average molecular weight is 228 g/mol. The quantitative estimate of drug-likeness (QED) is 0.695. The second-order valence-electron chi connectivity index (χ2n) is 4.68. The average Bonchev–Trinajstić information content (AvgIpc) is 3.15. The van der Waals surface area contributed by atoms with Crippen LogP contribution in [0.25, 0.3) is 0 Å². The molecule has 0 bridgehead atoms. The minimum atomic E-state index is -0.440. The Kier molecular flexibility index (Phi) is 1.98. The molecule has 17 heavy (non-hydrogen) atoms. The smallest absolute Gasteiger partial charge is 0.245 e. The predicted octanol–water partition coefficient (Wildman–Crippen LogP) is 0.360. The number of carbonyl (C=O) groups is 1. The molecule has 1 fully saturated rings. The summed E-state index contributed by atoms with van der Waals surface area (Å²) in [5.41, 5.74) is 7.44. The summed E-state index contributed by atoms with van der Waals surface area (Å²) in [6.07, 6.45) is 2.42. The third-order valence-corrected chi connectivity index (χ3v) is 3.66. The molecule has 1 aliphatic carbocycles. The maximum Gasteiger partial charge on any atom is 0.245 e. The molecular weight excluding hydrogens is 216 g/mol. The number of carbonyl (C=O) groups excluding carboxylic acids is 1. The molecule has 3 atom stereocenters. The molecule has 1 aromatic heterocycles. The van der Waals surface area contributed by atoms with E-state index in [2.05, 4.69) is 11.1 Å². The Hall–Kier alpha value is -1.93. The first kappa shape index (κ1) is 10.2. The Morgan fingerprint density at radius 1 is 1.65 bits per heavy atom. The zero-order chi connectivity index (χ0) is 12.2. The van der Waals surface area contributed by atoms with Crippen molar-refractivity contribution in [3.05, 3.63) is 23.4 Å². The maximum absolute atomic E-state index is 12.0. The zero-order valence-corrected chi connectivity index (χ0v) is 9.42. The van der Waals surface area contributed by atoms with Crippen LogP contribution in [0.4, 0.5) is 5.82 Å². The minimum Gasteiger partial charge on any atom is -0.320 e. The van der Waals surface area contributed by atoms with Crippen molar-refractivity contribution in [2.24, 2.45) is 11.7 Å². The molecular formula is C12H12N4O. The van der Waals surface area contributed by atoms with Gasteiger partial charge >= 0.3 is 0 Å². The van der Waals surface area contributed by atoms with Crippen LogP contribution in [0.15, 0.2) is 12.3 Å². The summed E-state index contributed by atoms with van der Waals surface area (Å²) in [5.74, 6) is 1.06. The molecule has 1 unspecified atom stereocenters. The number of hydrogen-bond donors (Lipinski definition) is 1. The minimum absolute atomic E-state index is 0.0894. The van der Waals surface area contributed by atoms with Crippen LogP contribution in [0.2, 0.25) is 0 Å². The van der Waals surface area contributed by atoms with Crippen molar-refractivity contribution in [1.82, 2.24) is 4.98 Å². The number of aromatic nitrogens is 1. The summed E-state index contributed by atoms with van der Waals surface area (Å²) >= 11 is 0. The number of nitrogens with zero attached hydrogens (tertiary/aromatic N) is 3. The summed E-state index contributed by atoms with van der Waals surface area (Å²) in [6, 6.07) is 3.46. The van der Waals surface area contributed by atoms with E-state index < -0.39 is 6.04 Å². The van der Waals surface area contributed by atoms with Crippen molar-refractivity contribution in [2.75, 3.05) is 11.9 Å². The molecule has 2 heterocycles. The molecule has 2 N–H and O–H groups in total. The first-order chi connectivity index (χ1) is 8.13. The molecule has 2 aliphatic rings. The van der Waals surface area contributed by atoms with Crippen LogP contribution in [-0.4, -0.2) is 24.0 Å². The summed E-state index contributed by atoms with van der Waals surface area (Å²) in [5, 5.41) is 8.88. The topological polar surface area (TPSA) is 83.0 Å². The number of fused-ring (bicyclic) bond motifs is 3. The van der Waals surface area contributed by atoms with E-state index in [4.69, 9.17) is 11.0 Å². The van der Waals surface area contributed by atoms with Crippen LogP contribution in [0.1, 0.15) is 23.5 Å². The monoisotopic (exact) mass is 228 g/mol. The van der Waals surface area contributed by atoms with Gasteiger partial charge in [-0.2, -0.15) is 5.26 Å². The third kappa shape index (κ3) is 1.34. The van der Waals surface area contributed by atoms with Crippen molar-refractivity contribution in [3.63, 3.8) is 0 Å². The Labute approximate surface area is 98.8 Å². The summed E-state index contributed by atoms with van der Waals surface area (Å²) < 4.78 is 0. The molecule has 86 valence electrons. The van der Waals surface area contributed by atoms with Crippen molar-refractivity contribution < 1.29 is 4.79 Å². The summed E-state index contributed by atoms with van der Waals surface area (Å²) in [4.78, 5) is 17.7. The number of pyridine rings is 1. The standard InChI is InChI=1S/C12H12N4O/c1-16-11-9(2-6(4-13)5-15-11)7-3-8(7)10(14)12(16)17/h2,5,7-8,10H,3,14H2,1H3/t7?,8-,10-/m0/s1. The number of nitriles is 1. The lowest BCUT2D eigenvalue weighted by Gasteiger charge is -2.19. The van der Waals surface area contributed by atoms with Gasteiger partial charge in [0.2, 0.25) is 5.91 Å². The lowest BCUT2D eigenvalue weighted by molar-refractivity contribution is -0.119. The van der Waals surface area contributed by atoms with Crippen molar-refractivity contribution in [2.45, 2.75) is 18.4 Å². The Balaban J connectivity index is 2.15.